The molecule has 2 N–H and O–H groups in total. The van der Waals surface area contributed by atoms with Crippen molar-refractivity contribution in [3.05, 3.63) is 77.2 Å². The van der Waals surface area contributed by atoms with E-state index in [-0.39, 0.29) is 42.5 Å². The molecular weight excluding hydrogens is 773 g/mol. The van der Waals surface area contributed by atoms with E-state index in [1.54, 1.807) is 17.3 Å². The second kappa shape index (κ2) is 15.7. The summed E-state index contributed by atoms with van der Waals surface area (Å²) in [7, 11) is 0. The van der Waals surface area contributed by atoms with Crippen LogP contribution in [0.5, 0.6) is 5.75 Å². The van der Waals surface area contributed by atoms with Crippen molar-refractivity contribution in [3.63, 3.8) is 0 Å². The standard InChI is InChI=1S/C30H35N7O5.C14H16F2N2/c38-25-5-4-24(27(39)33-25)37-16-22-21(28(37)40)2-3-23-26(22)41-17-20-15-35(12-13-36(20)23)19-14-30(42-18-19)6-10-34(11-7-30)29-31-8-1-9-32-29;1-9-6-11-10-4-2-3-5-12(10)17-13(11)7-18(9)8-14(15)16/h1-3,8-9,19-20,24H,4-7,10-18H2,(H,33,38,39);2-5,9,14,17H,6-8H2,1H3. The van der Waals surface area contributed by atoms with Crippen molar-refractivity contribution in [2.75, 3.05) is 62.3 Å². The maximum Gasteiger partial charge on any atom is 0.255 e. The summed E-state index contributed by atoms with van der Waals surface area (Å²) in [6.07, 6.45) is 5.78. The smallest absolute Gasteiger partial charge is 0.255 e. The van der Waals surface area contributed by atoms with Crippen LogP contribution in [0.25, 0.3) is 10.9 Å². The molecule has 4 aromatic rings. The Bertz CT molecular complexity index is 2280. The number of benzene rings is 2. The highest BCUT2D eigenvalue weighted by Gasteiger charge is 2.47. The van der Waals surface area contributed by atoms with E-state index < -0.39 is 18.4 Å². The number of anilines is 2. The quantitative estimate of drug-likeness (QED) is 0.281. The van der Waals surface area contributed by atoms with E-state index >= 15 is 0 Å². The van der Waals surface area contributed by atoms with Gasteiger partial charge >= 0.3 is 0 Å². The summed E-state index contributed by atoms with van der Waals surface area (Å²) in [6.45, 7) is 8.66. The molecule has 1 spiro atoms. The lowest BCUT2D eigenvalue weighted by atomic mass is 9.87. The Hall–Kier alpha value is -5.19. The predicted octanol–water partition coefficient (Wildman–Crippen LogP) is 4.13. The van der Waals surface area contributed by atoms with Gasteiger partial charge in [-0.25, -0.2) is 18.7 Å². The molecule has 4 atom stereocenters. The molecule has 7 aliphatic rings. The molecule has 60 heavy (non-hydrogen) atoms. The minimum absolute atomic E-state index is 0.0652. The molecular formula is C44H51F2N9O5. The van der Waals surface area contributed by atoms with E-state index in [9.17, 15) is 23.2 Å². The SMILES string of the molecule is CC1Cc2c([nH]c3ccccc23)CN1CC(F)F.O=C1CCC(N2Cc3c(ccc4c3OCC3CN(C5COC6(CCN(c7ncccn7)CC6)C5)CCN43)C2=O)C(=O)N1. The third-order valence-corrected chi connectivity index (χ3v) is 13.9. The van der Waals surface area contributed by atoms with Crippen LogP contribution >= 0.6 is 0 Å². The zero-order valence-corrected chi connectivity index (χ0v) is 33.8. The predicted molar refractivity (Wildman–Crippen MR) is 219 cm³/mol. The van der Waals surface area contributed by atoms with Crippen LogP contribution in [0.2, 0.25) is 0 Å². The molecule has 0 bridgehead atoms. The number of nitrogens with one attached hydrogen (secondary N) is 2. The van der Waals surface area contributed by atoms with Gasteiger partial charge in [0.1, 0.15) is 18.4 Å². The van der Waals surface area contributed by atoms with Crippen LogP contribution < -0.4 is 19.9 Å². The van der Waals surface area contributed by atoms with Crippen LogP contribution in [-0.4, -0.2) is 136 Å². The fourth-order valence-electron chi connectivity index (χ4n) is 10.6. The monoisotopic (exact) mass is 823 g/mol. The fourth-order valence-corrected chi connectivity index (χ4v) is 10.6. The molecule has 0 aliphatic carbocycles. The number of H-pyrrole nitrogens is 1. The molecule has 4 saturated heterocycles. The molecule has 14 nitrogen and oxygen atoms in total. The van der Waals surface area contributed by atoms with Crippen LogP contribution in [0.4, 0.5) is 20.4 Å². The maximum absolute atomic E-state index is 13.3. The number of fused-ring (bicyclic) bond motifs is 8. The van der Waals surface area contributed by atoms with Gasteiger partial charge in [-0.15, -0.1) is 0 Å². The van der Waals surface area contributed by atoms with Gasteiger partial charge < -0.3 is 29.2 Å². The van der Waals surface area contributed by atoms with Gasteiger partial charge in [-0.05, 0) is 68.9 Å². The number of piperidine rings is 2. The number of nitrogens with zero attached hydrogens (tertiary/aromatic N) is 7. The van der Waals surface area contributed by atoms with E-state index in [1.165, 1.54) is 10.9 Å². The van der Waals surface area contributed by atoms with Gasteiger partial charge in [-0.1, -0.05) is 18.2 Å². The number of aromatic nitrogens is 3. The van der Waals surface area contributed by atoms with Crippen molar-refractivity contribution in [2.45, 2.75) is 94.7 Å². The molecule has 7 aliphatic heterocycles. The maximum atomic E-state index is 13.3. The van der Waals surface area contributed by atoms with E-state index in [4.69, 9.17) is 9.47 Å². The summed E-state index contributed by atoms with van der Waals surface area (Å²) in [6, 6.07) is 14.0. The number of amides is 3. The summed E-state index contributed by atoms with van der Waals surface area (Å²) in [4.78, 5) is 60.3. The molecule has 0 radical (unpaired) electrons. The Kier molecular flexibility index (Phi) is 10.2. The van der Waals surface area contributed by atoms with Crippen LogP contribution in [-0.2, 0) is 33.8 Å². The van der Waals surface area contributed by atoms with Crippen molar-refractivity contribution in [2.24, 2.45) is 0 Å². The number of carbonyl (C=O) groups excluding carboxylic acids is 3. The molecule has 16 heteroatoms. The van der Waals surface area contributed by atoms with Crippen LogP contribution in [0, 0.1) is 0 Å². The zero-order valence-electron chi connectivity index (χ0n) is 33.8. The lowest BCUT2D eigenvalue weighted by Gasteiger charge is -2.47. The molecule has 3 amide bonds. The summed E-state index contributed by atoms with van der Waals surface area (Å²) in [5.74, 6) is 0.711. The molecule has 4 fully saturated rings. The molecule has 2 aromatic heterocycles. The van der Waals surface area contributed by atoms with Gasteiger partial charge in [-0.2, -0.15) is 0 Å². The summed E-state index contributed by atoms with van der Waals surface area (Å²) < 4.78 is 38.0. The number of para-hydroxylation sites is 1. The number of piperazine rings is 1. The Morgan fingerprint density at radius 2 is 1.73 bits per heavy atom. The molecule has 0 saturated carbocycles. The summed E-state index contributed by atoms with van der Waals surface area (Å²) in [5, 5.41) is 3.61. The Balaban J connectivity index is 0.000000201. The fraction of sp³-hybridized carbons (Fsp3) is 0.523. The number of alkyl halides is 2. The average molecular weight is 824 g/mol. The van der Waals surface area contributed by atoms with Gasteiger partial charge in [-0.3, -0.25) is 29.5 Å². The minimum Gasteiger partial charge on any atom is -0.489 e. The lowest BCUT2D eigenvalue weighted by Crippen LogP contribution is -2.59. The second-order valence-electron chi connectivity index (χ2n) is 17.4. The largest absolute Gasteiger partial charge is 0.489 e. The van der Waals surface area contributed by atoms with Crippen LogP contribution in [0.15, 0.2) is 54.9 Å². The minimum atomic E-state index is -2.27. The topological polar surface area (TPSA) is 139 Å². The van der Waals surface area contributed by atoms with Gasteiger partial charge in [0.2, 0.25) is 17.8 Å². The molecule has 316 valence electrons. The molecule has 4 unspecified atom stereocenters. The third kappa shape index (κ3) is 7.15. The molecule has 9 heterocycles. The number of ether oxygens (including phenoxy) is 2. The molecule has 11 rings (SSSR count). The summed E-state index contributed by atoms with van der Waals surface area (Å²) >= 11 is 0. The van der Waals surface area contributed by atoms with Crippen molar-refractivity contribution in [3.8, 4) is 5.75 Å². The highest BCUT2D eigenvalue weighted by molar-refractivity contribution is 6.06. The first-order valence-corrected chi connectivity index (χ1v) is 21.3. The van der Waals surface area contributed by atoms with E-state index in [2.05, 4.69) is 41.0 Å². The van der Waals surface area contributed by atoms with Crippen LogP contribution in [0.1, 0.15) is 66.2 Å². The lowest BCUT2D eigenvalue weighted by molar-refractivity contribution is -0.136. The number of halogens is 2. The Labute approximate surface area is 347 Å². The first kappa shape index (κ1) is 39.0. The number of carbonyl (C=O) groups is 3. The highest BCUT2D eigenvalue weighted by Crippen LogP contribution is 2.45. The summed E-state index contributed by atoms with van der Waals surface area (Å²) in [5.41, 5.74) is 5.89. The van der Waals surface area contributed by atoms with Crippen molar-refractivity contribution < 1.29 is 32.6 Å². The van der Waals surface area contributed by atoms with Gasteiger partial charge in [0, 0.05) is 97.9 Å². The Morgan fingerprint density at radius 1 is 0.917 bits per heavy atom. The molecule has 2 aromatic carbocycles. The Morgan fingerprint density at radius 3 is 2.53 bits per heavy atom. The normalized spacial score (nSPS) is 26.3. The van der Waals surface area contributed by atoms with Crippen molar-refractivity contribution in [1.82, 2.24) is 35.0 Å². The first-order chi connectivity index (χ1) is 29.1. The number of hydrogen-bond acceptors (Lipinski definition) is 11. The number of imide groups is 1. The number of aromatic amines is 1. The van der Waals surface area contributed by atoms with E-state index in [0.29, 0.717) is 37.7 Å². The first-order valence-electron chi connectivity index (χ1n) is 21.3. The average Bonchev–Trinajstić information content (AvgIpc) is 3.94. The number of hydrogen-bond donors (Lipinski definition) is 2. The van der Waals surface area contributed by atoms with Crippen molar-refractivity contribution in [1.29, 1.82) is 0 Å². The van der Waals surface area contributed by atoms with Crippen LogP contribution in [0.3, 0.4) is 0 Å². The van der Waals surface area contributed by atoms with E-state index in [0.717, 1.165) is 99.2 Å². The third-order valence-electron chi connectivity index (χ3n) is 13.9. The van der Waals surface area contributed by atoms with Gasteiger partial charge in [0.15, 0.2) is 0 Å². The van der Waals surface area contributed by atoms with Crippen molar-refractivity contribution >= 4 is 40.3 Å². The van der Waals surface area contributed by atoms with E-state index in [1.807, 2.05) is 48.2 Å². The zero-order chi connectivity index (χ0) is 41.1. The van der Waals surface area contributed by atoms with Gasteiger partial charge in [0.05, 0.1) is 37.0 Å². The van der Waals surface area contributed by atoms with Gasteiger partial charge in [0.25, 0.3) is 12.3 Å². The second-order valence-corrected chi connectivity index (χ2v) is 17.4. The number of rotatable bonds is 5. The highest BCUT2D eigenvalue weighted by atomic mass is 19.3.